The molecule has 4 bridgehead atoms. The number of fused-ring (bicyclic) bond motifs is 7. The lowest BCUT2D eigenvalue weighted by Gasteiger charge is -2.38. The van der Waals surface area contributed by atoms with E-state index in [4.69, 9.17) is 9.47 Å². The summed E-state index contributed by atoms with van der Waals surface area (Å²) >= 11 is 0. The summed E-state index contributed by atoms with van der Waals surface area (Å²) in [6.45, 7) is 8.82. The summed E-state index contributed by atoms with van der Waals surface area (Å²) in [5, 5.41) is 6.06. The Labute approximate surface area is 201 Å². The molecule has 1 fully saturated rings. The fraction of sp³-hybridized carbons (Fsp3) is 0.407. The first kappa shape index (κ1) is 23.8. The highest BCUT2D eigenvalue weighted by Crippen LogP contribution is 2.23. The lowest BCUT2D eigenvalue weighted by atomic mass is 10.0. The zero-order valence-electron chi connectivity index (χ0n) is 20.1. The Kier molecular flexibility index (Phi) is 7.53. The van der Waals surface area contributed by atoms with Gasteiger partial charge >= 0.3 is 0 Å². The van der Waals surface area contributed by atoms with Crippen molar-refractivity contribution in [1.82, 2.24) is 15.5 Å². The highest BCUT2D eigenvalue weighted by Gasteiger charge is 2.32. The van der Waals surface area contributed by atoms with Crippen molar-refractivity contribution in [2.45, 2.75) is 45.9 Å². The van der Waals surface area contributed by atoms with Gasteiger partial charge in [0, 0.05) is 31.7 Å². The third-order valence-corrected chi connectivity index (χ3v) is 6.22. The van der Waals surface area contributed by atoms with Gasteiger partial charge < -0.3 is 20.1 Å². The number of likely N-dealkylation sites (tertiary alicyclic amines) is 1. The van der Waals surface area contributed by atoms with Gasteiger partial charge in [0.25, 0.3) is 11.8 Å². The summed E-state index contributed by atoms with van der Waals surface area (Å²) in [5.74, 6) is 0.873. The van der Waals surface area contributed by atoms with Gasteiger partial charge in [-0.3, -0.25) is 14.5 Å². The second-order valence-corrected chi connectivity index (χ2v) is 9.26. The number of carbonyl (C=O) groups is 2. The quantitative estimate of drug-likeness (QED) is 0.669. The second kappa shape index (κ2) is 10.7. The molecule has 0 radical (unpaired) electrons. The molecule has 0 unspecified atom stereocenters. The molecule has 7 nitrogen and oxygen atoms in total. The van der Waals surface area contributed by atoms with Crippen molar-refractivity contribution < 1.29 is 19.1 Å². The van der Waals surface area contributed by atoms with Crippen LogP contribution in [0.15, 0.2) is 54.1 Å². The highest BCUT2D eigenvalue weighted by atomic mass is 16.5. The number of benzene rings is 2. The number of amides is 2. The highest BCUT2D eigenvalue weighted by molar-refractivity contribution is 5.95. The van der Waals surface area contributed by atoms with Gasteiger partial charge in [0.2, 0.25) is 0 Å². The lowest BCUT2D eigenvalue weighted by Crippen LogP contribution is -2.57. The molecule has 180 valence electrons. The molecular weight excluding hydrogens is 430 g/mol. The van der Waals surface area contributed by atoms with Crippen LogP contribution in [0, 0.1) is 6.92 Å². The van der Waals surface area contributed by atoms with Crippen molar-refractivity contribution >= 4 is 11.8 Å². The van der Waals surface area contributed by atoms with Gasteiger partial charge in [-0.15, -0.1) is 0 Å². The van der Waals surface area contributed by atoms with Gasteiger partial charge in [0.15, 0.2) is 6.61 Å². The van der Waals surface area contributed by atoms with E-state index < -0.39 is 0 Å². The Hall–Kier alpha value is -3.32. The minimum atomic E-state index is -0.221. The van der Waals surface area contributed by atoms with Crippen molar-refractivity contribution in [3.8, 4) is 11.5 Å². The van der Waals surface area contributed by atoms with Gasteiger partial charge in [-0.05, 0) is 62.6 Å². The fourth-order valence-electron chi connectivity index (χ4n) is 4.16. The SMILES string of the molecule is CC(C)=CCN1CC[C@@H]2Oc3ccc(cc3)CNC(=O)COc3cc(ccc3C)C(=O)N[C@H]2C1. The molecule has 2 aromatic rings. The number of ether oxygens (including phenoxy) is 2. The zero-order chi connectivity index (χ0) is 24.1. The standard InChI is InChI=1S/C27H33N3O4/c1-18(2)10-12-30-13-11-24-23(16-30)29-27(32)21-7-4-19(3)25(14-21)33-17-26(31)28-15-20-5-8-22(34-24)9-6-20/h4-10,14,23-24H,11-13,15-17H2,1-3H3,(H,28,31)(H,29,32)/t23-,24-/m0/s1. The molecule has 2 amide bonds. The van der Waals surface area contributed by atoms with Crippen molar-refractivity contribution in [1.29, 1.82) is 0 Å². The van der Waals surface area contributed by atoms with Crippen molar-refractivity contribution in [3.05, 3.63) is 70.8 Å². The van der Waals surface area contributed by atoms with Crippen molar-refractivity contribution in [3.63, 3.8) is 0 Å². The molecule has 1 saturated heterocycles. The van der Waals surface area contributed by atoms with E-state index in [1.807, 2.05) is 37.3 Å². The van der Waals surface area contributed by atoms with E-state index >= 15 is 0 Å². The molecule has 2 aromatic carbocycles. The number of nitrogens with zero attached hydrogens (tertiary/aromatic N) is 1. The summed E-state index contributed by atoms with van der Waals surface area (Å²) < 4.78 is 12.1. The van der Waals surface area contributed by atoms with Crippen LogP contribution in [0.4, 0.5) is 0 Å². The first-order chi connectivity index (χ1) is 16.4. The number of carbonyl (C=O) groups excluding carboxylic acids is 2. The van der Waals surface area contributed by atoms with Gasteiger partial charge in [0.05, 0.1) is 6.04 Å². The zero-order valence-corrected chi connectivity index (χ0v) is 20.1. The smallest absolute Gasteiger partial charge is 0.258 e. The van der Waals surface area contributed by atoms with Crippen LogP contribution in [-0.4, -0.2) is 55.1 Å². The third kappa shape index (κ3) is 6.17. The average Bonchev–Trinajstić information content (AvgIpc) is 2.82. The Morgan fingerprint density at radius 2 is 1.94 bits per heavy atom. The minimum absolute atomic E-state index is 0.114. The maximum absolute atomic E-state index is 13.2. The number of rotatable bonds is 2. The van der Waals surface area contributed by atoms with Crippen molar-refractivity contribution in [2.75, 3.05) is 26.2 Å². The number of hydrogen-bond donors (Lipinski definition) is 2. The van der Waals surface area contributed by atoms with E-state index in [1.165, 1.54) is 5.57 Å². The van der Waals surface area contributed by atoms with E-state index in [2.05, 4.69) is 35.5 Å². The van der Waals surface area contributed by atoms with Crippen LogP contribution in [0.1, 0.15) is 41.8 Å². The Morgan fingerprint density at radius 1 is 1.15 bits per heavy atom. The van der Waals surface area contributed by atoms with E-state index in [0.717, 1.165) is 36.4 Å². The molecule has 3 aliphatic rings. The molecule has 34 heavy (non-hydrogen) atoms. The van der Waals surface area contributed by atoms with Gasteiger partial charge in [0.1, 0.15) is 17.6 Å². The second-order valence-electron chi connectivity index (χ2n) is 9.26. The molecule has 3 aliphatic heterocycles. The molecule has 2 atom stereocenters. The number of nitrogens with one attached hydrogen (secondary N) is 2. The summed E-state index contributed by atoms with van der Waals surface area (Å²) in [4.78, 5) is 27.8. The topological polar surface area (TPSA) is 79.9 Å². The molecule has 0 aliphatic carbocycles. The first-order valence-corrected chi connectivity index (χ1v) is 11.8. The van der Waals surface area contributed by atoms with E-state index in [1.54, 1.807) is 12.1 Å². The Morgan fingerprint density at radius 3 is 2.71 bits per heavy atom. The molecular formula is C27H33N3O4. The van der Waals surface area contributed by atoms with Crippen LogP contribution in [0.3, 0.4) is 0 Å². The average molecular weight is 464 g/mol. The summed E-state index contributed by atoms with van der Waals surface area (Å²) in [6.07, 6.45) is 2.87. The van der Waals surface area contributed by atoms with E-state index in [9.17, 15) is 9.59 Å². The third-order valence-electron chi connectivity index (χ3n) is 6.22. The largest absolute Gasteiger partial charge is 0.488 e. The molecule has 2 N–H and O–H groups in total. The van der Waals surface area contributed by atoms with Gasteiger partial charge in [-0.2, -0.15) is 0 Å². The van der Waals surface area contributed by atoms with Crippen LogP contribution < -0.4 is 20.1 Å². The minimum Gasteiger partial charge on any atom is -0.488 e. The summed E-state index contributed by atoms with van der Waals surface area (Å²) in [7, 11) is 0. The molecule has 0 aromatic heterocycles. The Balaban J connectivity index is 1.61. The molecule has 5 rings (SSSR count). The molecule has 0 spiro atoms. The maximum Gasteiger partial charge on any atom is 0.258 e. The van der Waals surface area contributed by atoms with Gasteiger partial charge in [-0.1, -0.05) is 29.8 Å². The predicted molar refractivity (Wildman–Crippen MR) is 131 cm³/mol. The number of hydrogen-bond acceptors (Lipinski definition) is 5. The predicted octanol–water partition coefficient (Wildman–Crippen LogP) is 3.22. The van der Waals surface area contributed by atoms with Crippen LogP contribution >= 0.6 is 0 Å². The van der Waals surface area contributed by atoms with Crippen LogP contribution in [0.5, 0.6) is 11.5 Å². The normalized spacial score (nSPS) is 21.3. The summed E-state index contributed by atoms with van der Waals surface area (Å²) in [5.41, 5.74) is 3.61. The molecule has 7 heteroatoms. The van der Waals surface area contributed by atoms with E-state index in [0.29, 0.717) is 24.4 Å². The molecule has 0 saturated carbocycles. The Bertz CT molecular complexity index is 1060. The van der Waals surface area contributed by atoms with Crippen LogP contribution in [0.25, 0.3) is 0 Å². The van der Waals surface area contributed by atoms with Gasteiger partial charge in [-0.25, -0.2) is 0 Å². The van der Waals surface area contributed by atoms with Crippen LogP contribution in [-0.2, 0) is 11.3 Å². The van der Waals surface area contributed by atoms with Crippen molar-refractivity contribution in [2.24, 2.45) is 0 Å². The summed E-state index contributed by atoms with van der Waals surface area (Å²) in [6, 6.07) is 12.9. The monoisotopic (exact) mass is 463 g/mol. The van der Waals surface area contributed by atoms with Crippen LogP contribution in [0.2, 0.25) is 0 Å². The maximum atomic E-state index is 13.2. The molecule has 3 heterocycles. The fourth-order valence-corrected chi connectivity index (χ4v) is 4.16. The van der Waals surface area contributed by atoms with E-state index in [-0.39, 0.29) is 30.6 Å². The number of allylic oxidation sites excluding steroid dienone is 1. The number of piperidine rings is 1. The number of aryl methyl sites for hydroxylation is 1. The lowest BCUT2D eigenvalue weighted by molar-refractivity contribution is -0.123. The first-order valence-electron chi connectivity index (χ1n) is 11.8.